The number of nitrogens with zero attached hydrogens (tertiary/aromatic N) is 9. The van der Waals surface area contributed by atoms with Crippen molar-refractivity contribution < 1.29 is 0 Å². The van der Waals surface area contributed by atoms with Gasteiger partial charge in [-0.25, -0.2) is 0 Å². The van der Waals surface area contributed by atoms with Crippen molar-refractivity contribution in [3.8, 4) is 0 Å². The Labute approximate surface area is 275 Å². The zero-order chi connectivity index (χ0) is 29.9. The highest BCUT2D eigenvalue weighted by Crippen LogP contribution is 2.25. The molecule has 0 atom stereocenters. The van der Waals surface area contributed by atoms with Crippen LogP contribution in [0.4, 0.5) is 0 Å². The molecule has 0 saturated carbocycles. The van der Waals surface area contributed by atoms with Crippen LogP contribution in [0.3, 0.4) is 0 Å². The van der Waals surface area contributed by atoms with Crippen molar-refractivity contribution in [1.82, 2.24) is 15.0 Å². The van der Waals surface area contributed by atoms with Crippen LogP contribution in [0.25, 0.3) is 21.8 Å². The summed E-state index contributed by atoms with van der Waals surface area (Å²) in [6, 6.07) is 19.8. The molecule has 0 bridgehead atoms. The Morgan fingerprint density at radius 3 is 1.70 bits per heavy atom. The minimum atomic E-state index is 0.261. The van der Waals surface area contributed by atoms with Gasteiger partial charge in [0.1, 0.15) is 0 Å². The first-order valence-corrected chi connectivity index (χ1v) is 15.0. The Hall–Kier alpha value is -4.16. The summed E-state index contributed by atoms with van der Waals surface area (Å²) in [5.41, 5.74) is 4.68. The molecule has 0 unspecified atom stereocenters. The zero-order valence-electron chi connectivity index (χ0n) is 21.4. The number of amidine groups is 3. The molecule has 0 spiro atoms. The molecular weight excluding hydrogens is 736 g/mol. The van der Waals surface area contributed by atoms with E-state index in [2.05, 4.69) is 92.5 Å². The Kier molecular flexibility index (Phi) is 8.48. The fraction of sp³-hybridized carbons (Fsp3) is 0. The quantitative estimate of drug-likeness (QED) is 0.159. The van der Waals surface area contributed by atoms with Gasteiger partial charge in [-0.15, -0.1) is 30.7 Å². The van der Waals surface area contributed by atoms with Crippen molar-refractivity contribution >= 4 is 123 Å². The molecule has 6 heterocycles. The zero-order valence-corrected chi connectivity index (χ0v) is 27.0. The lowest BCUT2D eigenvalue weighted by atomic mass is 10.1. The van der Waals surface area contributed by atoms with Crippen LogP contribution in [0.5, 0.6) is 0 Å². The molecule has 3 aliphatic rings. The van der Waals surface area contributed by atoms with Gasteiger partial charge in [-0.3, -0.25) is 0 Å². The van der Waals surface area contributed by atoms with E-state index in [1.165, 1.54) is 0 Å². The normalized spacial score (nSPS) is 15.0. The summed E-state index contributed by atoms with van der Waals surface area (Å²) < 4.78 is 1.76. The SMILES string of the molecule is S=C1N=NC(c2c[nH]c3ccccc23)=N1.S=C1N=NC(c2cc(Br)c(Br)[nH]2)=N1.S=C1N=NC(c2cc3ccccc3[nH]2)=N1. The highest BCUT2D eigenvalue weighted by Gasteiger charge is 2.15. The fourth-order valence-electron chi connectivity index (χ4n) is 3.99. The van der Waals surface area contributed by atoms with Gasteiger partial charge >= 0.3 is 0 Å². The van der Waals surface area contributed by atoms with Crippen LogP contribution in [-0.4, -0.2) is 47.8 Å². The van der Waals surface area contributed by atoms with E-state index in [1.54, 1.807) is 0 Å². The van der Waals surface area contributed by atoms with Crippen molar-refractivity contribution in [2.45, 2.75) is 0 Å². The third-order valence-corrected chi connectivity index (χ3v) is 8.16. The number of azo groups is 3. The number of hydrogen-bond donors (Lipinski definition) is 3. The summed E-state index contributed by atoms with van der Waals surface area (Å²) in [4.78, 5) is 21.5. The number of aromatic nitrogens is 3. The average Bonchev–Trinajstić information content (AvgIpc) is 3.84. The summed E-state index contributed by atoms with van der Waals surface area (Å²) in [5, 5.41) is 25.7. The largest absolute Gasteiger partial charge is 0.360 e. The molecule has 0 saturated heterocycles. The number of H-pyrrole nitrogens is 3. The lowest BCUT2D eigenvalue weighted by Crippen LogP contribution is -1.93. The molecule has 3 aliphatic heterocycles. The van der Waals surface area contributed by atoms with Crippen LogP contribution in [0, 0.1) is 0 Å². The summed E-state index contributed by atoms with van der Waals surface area (Å²) in [6.45, 7) is 0. The summed E-state index contributed by atoms with van der Waals surface area (Å²) in [5.74, 6) is 1.64. The van der Waals surface area contributed by atoms with Gasteiger partial charge in [0.25, 0.3) is 0 Å². The van der Waals surface area contributed by atoms with E-state index in [0.717, 1.165) is 47.8 Å². The standard InChI is InChI=1S/2C10H6N4S.C6H2Br2N4S/c15-10-12-9(13-14-10)7-5-11-8-4-2-1-3-6(7)8;15-10-12-9(13-14-10)8-5-6-3-1-2-4-7(6)11-8;7-2-1-3(9-4(2)8)5-10-6(13)12-11-5/h2*1-5,11H;1,9H. The van der Waals surface area contributed by atoms with Gasteiger partial charge in [0.15, 0.2) is 5.84 Å². The van der Waals surface area contributed by atoms with Crippen LogP contribution in [0.15, 0.2) is 122 Å². The maximum absolute atomic E-state index is 4.83. The van der Waals surface area contributed by atoms with Gasteiger partial charge in [-0.05, 0) is 92.8 Å². The highest BCUT2D eigenvalue weighted by molar-refractivity contribution is 9.13. The Morgan fingerprint density at radius 1 is 0.581 bits per heavy atom. The second-order valence-electron chi connectivity index (χ2n) is 8.62. The molecule has 5 aromatic rings. The summed E-state index contributed by atoms with van der Waals surface area (Å²) in [7, 11) is 0. The number of nitrogens with one attached hydrogen (secondary N) is 3. The van der Waals surface area contributed by atoms with Crippen molar-refractivity contribution in [2.24, 2.45) is 45.7 Å². The lowest BCUT2D eigenvalue weighted by molar-refractivity contribution is 1.29. The number of fused-ring (bicyclic) bond motifs is 2. The second-order valence-corrected chi connectivity index (χ2v) is 11.4. The Balaban J connectivity index is 0.000000115. The van der Waals surface area contributed by atoms with Crippen molar-refractivity contribution in [2.75, 3.05) is 0 Å². The van der Waals surface area contributed by atoms with E-state index in [9.17, 15) is 0 Å². The predicted octanol–water partition coefficient (Wildman–Crippen LogP) is 8.37. The van der Waals surface area contributed by atoms with Crippen molar-refractivity contribution in [3.05, 3.63) is 92.9 Å². The van der Waals surface area contributed by atoms with E-state index in [4.69, 9.17) is 36.7 Å². The molecule has 0 fully saturated rings. The first kappa shape index (κ1) is 28.9. The topological polar surface area (TPSA) is 159 Å². The first-order chi connectivity index (χ1) is 20.8. The van der Waals surface area contributed by atoms with E-state index in [0.29, 0.717) is 17.5 Å². The van der Waals surface area contributed by atoms with E-state index in [1.807, 2.05) is 66.9 Å². The Bertz CT molecular complexity index is 2070. The van der Waals surface area contributed by atoms with Crippen LogP contribution >= 0.6 is 68.5 Å². The first-order valence-electron chi connectivity index (χ1n) is 12.2. The van der Waals surface area contributed by atoms with Crippen LogP contribution in [0.2, 0.25) is 0 Å². The summed E-state index contributed by atoms with van der Waals surface area (Å²) in [6.07, 6.45) is 1.87. The Morgan fingerprint density at radius 2 is 1.14 bits per heavy atom. The molecule has 17 heteroatoms. The van der Waals surface area contributed by atoms with Crippen LogP contribution in [0.1, 0.15) is 17.0 Å². The number of aliphatic imine (C=N–C) groups is 3. The van der Waals surface area contributed by atoms with Gasteiger partial charge in [0, 0.05) is 33.6 Å². The molecule has 0 amide bonds. The molecule has 210 valence electrons. The number of rotatable bonds is 3. The van der Waals surface area contributed by atoms with Gasteiger partial charge < -0.3 is 15.0 Å². The van der Waals surface area contributed by atoms with Crippen molar-refractivity contribution in [1.29, 1.82) is 0 Å². The summed E-state index contributed by atoms with van der Waals surface area (Å²) >= 11 is 21.1. The molecule has 0 aliphatic carbocycles. The number of halogens is 2. The molecule has 3 N–H and O–H groups in total. The van der Waals surface area contributed by atoms with E-state index in [-0.39, 0.29) is 15.3 Å². The molecule has 3 aromatic heterocycles. The number of hydrogen-bond acceptors (Lipinski definition) is 6. The van der Waals surface area contributed by atoms with Gasteiger partial charge in [0.2, 0.25) is 27.0 Å². The average molecular weight is 750 g/mol. The molecule has 43 heavy (non-hydrogen) atoms. The number of aromatic amines is 3. The highest BCUT2D eigenvalue weighted by atomic mass is 79.9. The lowest BCUT2D eigenvalue weighted by Gasteiger charge is -1.92. The minimum absolute atomic E-state index is 0.261. The number of para-hydroxylation sites is 2. The van der Waals surface area contributed by atoms with E-state index >= 15 is 0 Å². The van der Waals surface area contributed by atoms with Crippen LogP contribution in [-0.2, 0) is 0 Å². The molecule has 0 radical (unpaired) electrons. The van der Waals surface area contributed by atoms with Crippen LogP contribution < -0.4 is 0 Å². The van der Waals surface area contributed by atoms with Gasteiger partial charge in [-0.2, -0.15) is 15.0 Å². The maximum atomic E-state index is 4.83. The molecule has 2 aromatic carbocycles. The molecular formula is C26H14Br2N12S3. The maximum Gasteiger partial charge on any atom is 0.242 e. The number of thiocarbonyl (C=S) groups is 3. The fourth-order valence-corrected chi connectivity index (χ4v) is 5.03. The van der Waals surface area contributed by atoms with Crippen molar-refractivity contribution in [3.63, 3.8) is 0 Å². The number of benzene rings is 2. The van der Waals surface area contributed by atoms with Gasteiger partial charge in [0.05, 0.1) is 20.5 Å². The monoisotopic (exact) mass is 748 g/mol. The predicted molar refractivity (Wildman–Crippen MR) is 185 cm³/mol. The third-order valence-electron chi connectivity index (χ3n) is 5.86. The van der Waals surface area contributed by atoms with E-state index < -0.39 is 0 Å². The van der Waals surface area contributed by atoms with Gasteiger partial charge in [-0.1, -0.05) is 36.4 Å². The second kappa shape index (κ2) is 12.6. The smallest absolute Gasteiger partial charge is 0.242 e. The molecule has 8 rings (SSSR count). The third kappa shape index (κ3) is 6.60. The molecule has 12 nitrogen and oxygen atoms in total. The minimum Gasteiger partial charge on any atom is -0.360 e.